The van der Waals surface area contributed by atoms with Crippen molar-refractivity contribution in [2.24, 2.45) is 0 Å². The van der Waals surface area contributed by atoms with Crippen LogP contribution in [0.25, 0.3) is 0 Å². The minimum Gasteiger partial charge on any atom is -0.296 e. The molecule has 1 heterocycles. The summed E-state index contributed by atoms with van der Waals surface area (Å²) in [6.07, 6.45) is 1.32. The first-order valence-electron chi connectivity index (χ1n) is 3.60. The van der Waals surface area contributed by atoms with Gasteiger partial charge in [-0.2, -0.15) is 0 Å². The molecule has 0 aromatic carbocycles. The molecule has 0 aromatic rings. The van der Waals surface area contributed by atoms with E-state index < -0.39 is 0 Å². The Kier molecular flexibility index (Phi) is 2.22. The molecule has 0 unspecified atom stereocenters. The van der Waals surface area contributed by atoms with Gasteiger partial charge in [0.2, 0.25) is 0 Å². The third kappa shape index (κ3) is 1.20. The minimum atomic E-state index is 0. The Balaban J connectivity index is 0.000000810. The van der Waals surface area contributed by atoms with Crippen LogP contribution in [0.5, 0.6) is 0 Å². The molecule has 1 nitrogen and oxygen atoms in total. The fraction of sp³-hybridized carbons (Fsp3) is 1.00. The molecule has 1 saturated heterocycles. The van der Waals surface area contributed by atoms with Crippen LogP contribution in [0.4, 0.5) is 0 Å². The highest BCUT2D eigenvalue weighted by Gasteiger charge is 2.47. The number of nitrogens with zero attached hydrogens (tertiary/aromatic N) is 1. The van der Waals surface area contributed by atoms with Gasteiger partial charge in [0.15, 0.2) is 0 Å². The van der Waals surface area contributed by atoms with Gasteiger partial charge in [-0.1, -0.05) is 7.43 Å². The number of hydrogen-bond acceptors (Lipinski definition) is 1. The van der Waals surface area contributed by atoms with Crippen LogP contribution in [0.1, 0.15) is 41.5 Å². The third-order valence-electron chi connectivity index (χ3n) is 2.68. The molecule has 10 heavy (non-hydrogen) atoms. The molecular formula is C9H21N. The highest BCUT2D eigenvalue weighted by atomic mass is 15.3. The molecule has 0 bridgehead atoms. The van der Waals surface area contributed by atoms with Crippen LogP contribution in [-0.4, -0.2) is 23.0 Å². The van der Waals surface area contributed by atoms with Gasteiger partial charge in [0.05, 0.1) is 0 Å². The van der Waals surface area contributed by atoms with Gasteiger partial charge < -0.3 is 0 Å². The average Bonchev–Trinajstić information content (AvgIpc) is 1.63. The number of rotatable bonds is 0. The van der Waals surface area contributed by atoms with Gasteiger partial charge >= 0.3 is 0 Å². The molecule has 0 saturated carbocycles. The summed E-state index contributed by atoms with van der Waals surface area (Å²) in [5.41, 5.74) is 0.896. The molecule has 1 aliphatic heterocycles. The second-order valence-corrected chi connectivity index (χ2v) is 4.36. The zero-order valence-corrected chi connectivity index (χ0v) is 7.15. The Labute approximate surface area is 65.4 Å². The maximum Gasteiger partial charge on any atom is 0.0172 e. The van der Waals surface area contributed by atoms with E-state index in [0.717, 1.165) is 0 Å². The molecule has 0 aromatic heterocycles. The maximum atomic E-state index is 2.43. The Morgan fingerprint density at radius 1 is 1.00 bits per heavy atom. The van der Waals surface area contributed by atoms with E-state index in [4.69, 9.17) is 0 Å². The summed E-state index contributed by atoms with van der Waals surface area (Å²) in [5.74, 6) is 0. The van der Waals surface area contributed by atoms with Gasteiger partial charge in [-0.15, -0.1) is 0 Å². The Bertz CT molecular complexity index is 111. The van der Waals surface area contributed by atoms with E-state index in [-0.39, 0.29) is 7.43 Å². The van der Waals surface area contributed by atoms with Crippen LogP contribution in [0.2, 0.25) is 0 Å². The van der Waals surface area contributed by atoms with E-state index in [1.807, 2.05) is 0 Å². The van der Waals surface area contributed by atoms with Crippen molar-refractivity contribution in [2.45, 2.75) is 52.6 Å². The first-order chi connectivity index (χ1) is 3.86. The van der Waals surface area contributed by atoms with Crippen molar-refractivity contribution in [3.8, 4) is 0 Å². The third-order valence-corrected chi connectivity index (χ3v) is 2.68. The molecule has 0 amide bonds. The molecule has 1 fully saturated rings. The van der Waals surface area contributed by atoms with E-state index in [0.29, 0.717) is 11.1 Å². The monoisotopic (exact) mass is 143 g/mol. The van der Waals surface area contributed by atoms with Crippen molar-refractivity contribution in [1.29, 1.82) is 0 Å². The molecule has 0 aliphatic carbocycles. The van der Waals surface area contributed by atoms with Gasteiger partial charge in [-0.25, -0.2) is 0 Å². The van der Waals surface area contributed by atoms with Gasteiger partial charge in [0.25, 0.3) is 0 Å². The second kappa shape index (κ2) is 2.23. The van der Waals surface area contributed by atoms with Crippen LogP contribution in [0, 0.1) is 0 Å². The van der Waals surface area contributed by atoms with Crippen LogP contribution in [-0.2, 0) is 0 Å². The maximum absolute atomic E-state index is 2.43. The highest BCUT2D eigenvalue weighted by molar-refractivity contribution is 5.04. The van der Waals surface area contributed by atoms with Crippen LogP contribution in [0.15, 0.2) is 0 Å². The van der Waals surface area contributed by atoms with Crippen molar-refractivity contribution in [3.63, 3.8) is 0 Å². The fourth-order valence-corrected chi connectivity index (χ4v) is 2.02. The van der Waals surface area contributed by atoms with E-state index in [1.54, 1.807) is 0 Å². The minimum absolute atomic E-state index is 0. The van der Waals surface area contributed by atoms with Gasteiger partial charge in [0.1, 0.15) is 0 Å². The van der Waals surface area contributed by atoms with Gasteiger partial charge in [-0.3, -0.25) is 4.90 Å². The predicted molar refractivity (Wildman–Crippen MR) is 47.3 cm³/mol. The first kappa shape index (κ1) is 9.96. The summed E-state index contributed by atoms with van der Waals surface area (Å²) in [7, 11) is 2.20. The largest absolute Gasteiger partial charge is 0.296 e. The van der Waals surface area contributed by atoms with Crippen LogP contribution < -0.4 is 0 Å². The highest BCUT2D eigenvalue weighted by Crippen LogP contribution is 2.42. The van der Waals surface area contributed by atoms with Crippen molar-refractivity contribution in [1.82, 2.24) is 4.90 Å². The lowest BCUT2D eigenvalue weighted by molar-refractivity contribution is -0.0841. The summed E-state index contributed by atoms with van der Waals surface area (Å²) < 4.78 is 0. The lowest BCUT2D eigenvalue weighted by Crippen LogP contribution is -2.66. The van der Waals surface area contributed by atoms with Crippen molar-refractivity contribution in [2.75, 3.05) is 7.05 Å². The summed E-state index contributed by atoms with van der Waals surface area (Å²) in [5, 5.41) is 0. The van der Waals surface area contributed by atoms with E-state index in [9.17, 15) is 0 Å². The van der Waals surface area contributed by atoms with Gasteiger partial charge in [0, 0.05) is 11.1 Å². The molecule has 1 aliphatic rings. The molecule has 0 spiro atoms. The van der Waals surface area contributed by atoms with E-state index in [2.05, 4.69) is 39.6 Å². The van der Waals surface area contributed by atoms with E-state index >= 15 is 0 Å². The second-order valence-electron chi connectivity index (χ2n) is 4.36. The topological polar surface area (TPSA) is 3.24 Å². The summed E-state index contributed by atoms with van der Waals surface area (Å²) in [6.45, 7) is 9.16. The lowest BCUT2D eigenvalue weighted by Gasteiger charge is -2.59. The summed E-state index contributed by atoms with van der Waals surface area (Å²) >= 11 is 0. The van der Waals surface area contributed by atoms with Crippen molar-refractivity contribution < 1.29 is 0 Å². The normalized spacial score (nSPS) is 28.5. The predicted octanol–water partition coefficient (Wildman–Crippen LogP) is 2.52. The molecule has 62 valence electrons. The smallest absolute Gasteiger partial charge is 0.0172 e. The molecule has 0 radical (unpaired) electrons. The molecule has 0 atom stereocenters. The molecular weight excluding hydrogens is 122 g/mol. The average molecular weight is 143 g/mol. The Morgan fingerprint density at radius 3 is 1.30 bits per heavy atom. The van der Waals surface area contributed by atoms with Crippen LogP contribution in [0.3, 0.4) is 0 Å². The van der Waals surface area contributed by atoms with Gasteiger partial charge in [-0.05, 0) is 41.2 Å². The summed E-state index contributed by atoms with van der Waals surface area (Å²) in [4.78, 5) is 2.43. The van der Waals surface area contributed by atoms with E-state index in [1.165, 1.54) is 6.42 Å². The van der Waals surface area contributed by atoms with Crippen molar-refractivity contribution in [3.05, 3.63) is 0 Å². The number of likely N-dealkylation sites (tertiary alicyclic amines) is 1. The zero-order chi connectivity index (χ0) is 7.28. The first-order valence-corrected chi connectivity index (χ1v) is 3.60. The Hall–Kier alpha value is -0.0400. The molecule has 0 N–H and O–H groups in total. The molecule has 1 rings (SSSR count). The zero-order valence-electron chi connectivity index (χ0n) is 7.15. The quantitative estimate of drug-likeness (QED) is 0.503. The SMILES string of the molecule is C.CN1C(C)(C)CC1(C)C. The summed E-state index contributed by atoms with van der Waals surface area (Å²) in [6, 6.07) is 0. The fourth-order valence-electron chi connectivity index (χ4n) is 2.02. The Morgan fingerprint density at radius 2 is 1.30 bits per heavy atom. The lowest BCUT2D eigenvalue weighted by atomic mass is 9.73. The van der Waals surface area contributed by atoms with Crippen molar-refractivity contribution >= 4 is 0 Å². The standard InChI is InChI=1S/C8H17N.CH4/c1-7(2)6-8(3,4)9(7)5;/h6H2,1-5H3;1H4. The number of hydrogen-bond donors (Lipinski definition) is 0. The molecule has 1 heteroatoms. The van der Waals surface area contributed by atoms with Crippen LogP contribution >= 0.6 is 0 Å².